The van der Waals surface area contributed by atoms with Crippen molar-refractivity contribution in [3.05, 3.63) is 10.7 Å². The average molecular weight is 199 g/mol. The van der Waals surface area contributed by atoms with Gasteiger partial charge in [0.25, 0.3) is 0 Å². The molecule has 1 rings (SSSR count). The SMILES string of the molecule is C#Cc1c(Cl)nc(OC)nc1OC. The maximum atomic E-state index is 5.74. The van der Waals surface area contributed by atoms with Gasteiger partial charge in [-0.05, 0) is 0 Å². The van der Waals surface area contributed by atoms with Gasteiger partial charge in [-0.1, -0.05) is 17.5 Å². The van der Waals surface area contributed by atoms with Crippen LogP contribution in [0.1, 0.15) is 5.56 Å². The van der Waals surface area contributed by atoms with Crippen LogP contribution < -0.4 is 9.47 Å². The van der Waals surface area contributed by atoms with Crippen molar-refractivity contribution < 1.29 is 9.47 Å². The lowest BCUT2D eigenvalue weighted by molar-refractivity contribution is 0.351. The molecule has 1 aromatic rings. The average Bonchev–Trinajstić information content (AvgIpc) is 2.16. The van der Waals surface area contributed by atoms with E-state index in [1.807, 2.05) is 0 Å². The number of ether oxygens (including phenoxy) is 2. The van der Waals surface area contributed by atoms with Gasteiger partial charge in [0.1, 0.15) is 5.56 Å². The molecule has 5 heteroatoms. The smallest absolute Gasteiger partial charge is 0.320 e. The van der Waals surface area contributed by atoms with Gasteiger partial charge >= 0.3 is 6.01 Å². The van der Waals surface area contributed by atoms with E-state index in [0.29, 0.717) is 5.56 Å². The topological polar surface area (TPSA) is 44.2 Å². The second-order valence-electron chi connectivity index (χ2n) is 2.03. The van der Waals surface area contributed by atoms with Crippen LogP contribution in [-0.2, 0) is 0 Å². The summed E-state index contributed by atoms with van der Waals surface area (Å²) in [5.74, 6) is 2.56. The Morgan fingerprint density at radius 3 is 2.46 bits per heavy atom. The first-order valence-electron chi connectivity index (χ1n) is 3.35. The molecule has 0 fully saturated rings. The van der Waals surface area contributed by atoms with Crippen molar-refractivity contribution in [3.8, 4) is 24.2 Å². The molecule has 0 aliphatic heterocycles. The third-order valence-corrected chi connectivity index (χ3v) is 1.60. The zero-order valence-electron chi connectivity index (χ0n) is 7.17. The maximum absolute atomic E-state index is 5.74. The fourth-order valence-corrected chi connectivity index (χ4v) is 0.964. The van der Waals surface area contributed by atoms with Gasteiger partial charge in [0.05, 0.1) is 14.2 Å². The number of rotatable bonds is 2. The van der Waals surface area contributed by atoms with Crippen molar-refractivity contribution in [2.24, 2.45) is 0 Å². The van der Waals surface area contributed by atoms with Gasteiger partial charge < -0.3 is 9.47 Å². The van der Waals surface area contributed by atoms with Crippen LogP contribution in [0.2, 0.25) is 5.15 Å². The highest BCUT2D eigenvalue weighted by Gasteiger charge is 2.11. The minimum absolute atomic E-state index is 0.126. The maximum Gasteiger partial charge on any atom is 0.320 e. The van der Waals surface area contributed by atoms with Crippen molar-refractivity contribution in [2.75, 3.05) is 14.2 Å². The highest BCUT2D eigenvalue weighted by molar-refractivity contribution is 6.30. The molecule has 0 saturated heterocycles. The third kappa shape index (κ3) is 1.82. The summed E-state index contributed by atoms with van der Waals surface area (Å²) in [5, 5.41) is 0.145. The summed E-state index contributed by atoms with van der Waals surface area (Å²) in [7, 11) is 2.87. The predicted molar refractivity (Wildman–Crippen MR) is 48.1 cm³/mol. The lowest BCUT2D eigenvalue weighted by Gasteiger charge is -2.05. The molecule has 0 unspecified atom stereocenters. The summed E-state index contributed by atoms with van der Waals surface area (Å²) in [6.07, 6.45) is 5.18. The molecule has 1 heterocycles. The fourth-order valence-electron chi connectivity index (χ4n) is 0.756. The Morgan fingerprint density at radius 1 is 1.31 bits per heavy atom. The zero-order chi connectivity index (χ0) is 9.84. The van der Waals surface area contributed by atoms with E-state index in [4.69, 9.17) is 27.5 Å². The Hall–Kier alpha value is -1.47. The Kier molecular flexibility index (Phi) is 2.93. The van der Waals surface area contributed by atoms with E-state index >= 15 is 0 Å². The van der Waals surface area contributed by atoms with E-state index in [1.165, 1.54) is 14.2 Å². The van der Waals surface area contributed by atoms with Gasteiger partial charge in [0.15, 0.2) is 5.15 Å². The minimum atomic E-state index is 0.126. The first kappa shape index (κ1) is 9.62. The van der Waals surface area contributed by atoms with Gasteiger partial charge in [-0.25, -0.2) is 0 Å². The highest BCUT2D eigenvalue weighted by Crippen LogP contribution is 2.23. The van der Waals surface area contributed by atoms with Crippen LogP contribution >= 0.6 is 11.6 Å². The van der Waals surface area contributed by atoms with E-state index in [-0.39, 0.29) is 17.0 Å². The first-order chi connectivity index (χ1) is 6.22. The van der Waals surface area contributed by atoms with E-state index in [2.05, 4.69) is 15.9 Å². The number of methoxy groups -OCH3 is 2. The molecule has 0 N–H and O–H groups in total. The van der Waals surface area contributed by atoms with Gasteiger partial charge in [-0.3, -0.25) is 0 Å². The van der Waals surface area contributed by atoms with Crippen LogP contribution in [0.15, 0.2) is 0 Å². The first-order valence-corrected chi connectivity index (χ1v) is 3.72. The van der Waals surface area contributed by atoms with Gasteiger partial charge in [0.2, 0.25) is 5.88 Å². The number of hydrogen-bond donors (Lipinski definition) is 0. The largest absolute Gasteiger partial charge is 0.480 e. The third-order valence-electron chi connectivity index (χ3n) is 1.33. The Bertz CT molecular complexity index is 360. The Balaban J connectivity index is 3.31. The molecule has 4 nitrogen and oxygen atoms in total. The van der Waals surface area contributed by atoms with Crippen LogP contribution in [0.5, 0.6) is 11.9 Å². The molecule has 0 atom stereocenters. The summed E-state index contributed by atoms with van der Waals surface area (Å²) in [5.41, 5.74) is 0.324. The van der Waals surface area contributed by atoms with E-state index < -0.39 is 0 Å². The van der Waals surface area contributed by atoms with Gasteiger partial charge in [-0.15, -0.1) is 6.42 Å². The monoisotopic (exact) mass is 198 g/mol. The van der Waals surface area contributed by atoms with E-state index in [1.54, 1.807) is 0 Å². The summed E-state index contributed by atoms with van der Waals surface area (Å²) < 4.78 is 9.68. The number of nitrogens with zero attached hydrogens (tertiary/aromatic N) is 2. The second-order valence-corrected chi connectivity index (χ2v) is 2.39. The number of aromatic nitrogens is 2. The van der Waals surface area contributed by atoms with Gasteiger partial charge in [-0.2, -0.15) is 9.97 Å². The molecule has 13 heavy (non-hydrogen) atoms. The lowest BCUT2D eigenvalue weighted by Crippen LogP contribution is -1.99. The second kappa shape index (κ2) is 3.97. The molecule has 0 bridgehead atoms. The highest BCUT2D eigenvalue weighted by atomic mass is 35.5. The molecular weight excluding hydrogens is 192 g/mol. The lowest BCUT2D eigenvalue weighted by atomic mass is 10.3. The molecule has 1 aromatic heterocycles. The number of halogens is 1. The van der Waals surface area contributed by atoms with Crippen LogP contribution in [0, 0.1) is 12.3 Å². The van der Waals surface area contributed by atoms with Crippen molar-refractivity contribution >= 4 is 11.6 Å². The molecule has 0 aliphatic carbocycles. The summed E-state index contributed by atoms with van der Waals surface area (Å²) in [6, 6.07) is 0.126. The molecule has 0 aliphatic rings. The van der Waals surface area contributed by atoms with Crippen molar-refractivity contribution in [2.45, 2.75) is 0 Å². The van der Waals surface area contributed by atoms with Gasteiger partial charge in [0, 0.05) is 0 Å². The molecule has 0 saturated carbocycles. The van der Waals surface area contributed by atoms with Crippen LogP contribution in [0.3, 0.4) is 0 Å². The Labute approximate surface area is 80.9 Å². The van der Waals surface area contributed by atoms with Crippen LogP contribution in [0.25, 0.3) is 0 Å². The van der Waals surface area contributed by atoms with Crippen molar-refractivity contribution in [1.29, 1.82) is 0 Å². The van der Waals surface area contributed by atoms with E-state index in [0.717, 1.165) is 0 Å². The predicted octanol–water partition coefficient (Wildman–Crippen LogP) is 1.13. The van der Waals surface area contributed by atoms with Crippen LogP contribution in [-0.4, -0.2) is 24.2 Å². The molecule has 0 spiro atoms. The quantitative estimate of drug-likeness (QED) is 0.528. The molecular formula is C8H7ClN2O2. The Morgan fingerprint density at radius 2 is 2.00 bits per heavy atom. The molecule has 0 aromatic carbocycles. The number of terminal acetylenes is 1. The van der Waals surface area contributed by atoms with Crippen LogP contribution in [0.4, 0.5) is 0 Å². The standard InChI is InChI=1S/C8H7ClN2O2/c1-4-5-6(9)10-8(13-3)11-7(5)12-2/h1H,2-3H3. The summed E-state index contributed by atoms with van der Waals surface area (Å²) >= 11 is 5.74. The van der Waals surface area contributed by atoms with Crippen molar-refractivity contribution in [3.63, 3.8) is 0 Å². The normalized spacial score (nSPS) is 9.08. The fraction of sp³-hybridized carbons (Fsp3) is 0.250. The zero-order valence-corrected chi connectivity index (χ0v) is 7.92. The molecule has 0 radical (unpaired) electrons. The minimum Gasteiger partial charge on any atom is -0.480 e. The van der Waals surface area contributed by atoms with E-state index in [9.17, 15) is 0 Å². The number of hydrogen-bond acceptors (Lipinski definition) is 4. The molecule has 68 valence electrons. The summed E-state index contributed by atoms with van der Waals surface area (Å²) in [6.45, 7) is 0. The summed E-state index contributed by atoms with van der Waals surface area (Å²) in [4.78, 5) is 7.64. The molecule has 0 amide bonds. The van der Waals surface area contributed by atoms with Crippen molar-refractivity contribution in [1.82, 2.24) is 9.97 Å².